The minimum absolute atomic E-state index is 0.0716. The number of nitrogens with zero attached hydrogens (tertiary/aromatic N) is 3. The fourth-order valence-electron chi connectivity index (χ4n) is 4.11. The zero-order valence-corrected chi connectivity index (χ0v) is 15.3. The Hall–Kier alpha value is -1.43. The van der Waals surface area contributed by atoms with Crippen LogP contribution in [-0.2, 0) is 11.8 Å². The minimum atomic E-state index is 0.0716. The van der Waals surface area contributed by atoms with Gasteiger partial charge in [0, 0.05) is 19.4 Å². The molecule has 1 aliphatic carbocycles. The number of hydrogen-bond donors (Lipinski definition) is 2. The third kappa shape index (κ3) is 3.97. The lowest BCUT2D eigenvalue weighted by atomic mass is 9.67. The zero-order chi connectivity index (χ0) is 17.2. The number of amides is 1. The van der Waals surface area contributed by atoms with Crippen LogP contribution in [0.25, 0.3) is 0 Å². The van der Waals surface area contributed by atoms with Crippen molar-refractivity contribution in [1.29, 1.82) is 0 Å². The van der Waals surface area contributed by atoms with Gasteiger partial charge >= 0.3 is 0 Å². The van der Waals surface area contributed by atoms with Gasteiger partial charge in [-0.2, -0.15) is 10.1 Å². The number of carbonyl (C=O) groups excluding carboxylic acids is 1. The highest BCUT2D eigenvalue weighted by Crippen LogP contribution is 2.42. The quantitative estimate of drug-likeness (QED) is 0.889. The standard InChI is InChI=1S/C18H31N5O/c1-18(2)9-5-4-6-14(18)12-15(24)20-17-21-16(22-23(17)3)13-7-10-19-11-8-13/h13-14,19H,4-12H2,1-3H3,(H,20,21,22,24). The predicted octanol–water partition coefficient (Wildman–Crippen LogP) is 2.83. The molecule has 1 aromatic rings. The van der Waals surface area contributed by atoms with Gasteiger partial charge in [-0.1, -0.05) is 26.7 Å². The van der Waals surface area contributed by atoms with Crippen LogP contribution in [0.2, 0.25) is 0 Å². The van der Waals surface area contributed by atoms with E-state index in [1.807, 2.05) is 7.05 Å². The molecule has 2 N–H and O–H groups in total. The van der Waals surface area contributed by atoms with E-state index in [1.54, 1.807) is 4.68 Å². The summed E-state index contributed by atoms with van der Waals surface area (Å²) in [4.78, 5) is 17.1. The average molecular weight is 333 g/mol. The predicted molar refractivity (Wildman–Crippen MR) is 94.8 cm³/mol. The number of carbonyl (C=O) groups is 1. The molecule has 1 amide bonds. The van der Waals surface area contributed by atoms with Crippen molar-refractivity contribution >= 4 is 11.9 Å². The highest BCUT2D eigenvalue weighted by Gasteiger charge is 2.33. The molecule has 1 aromatic heterocycles. The number of anilines is 1. The van der Waals surface area contributed by atoms with Crippen molar-refractivity contribution in [2.24, 2.45) is 18.4 Å². The molecule has 6 nitrogen and oxygen atoms in total. The van der Waals surface area contributed by atoms with E-state index >= 15 is 0 Å². The second-order valence-electron chi connectivity index (χ2n) is 8.13. The van der Waals surface area contributed by atoms with Gasteiger partial charge < -0.3 is 5.32 Å². The number of rotatable bonds is 4. The van der Waals surface area contributed by atoms with Crippen LogP contribution in [0.15, 0.2) is 0 Å². The lowest BCUT2D eigenvalue weighted by molar-refractivity contribution is -0.118. The number of nitrogens with one attached hydrogen (secondary N) is 2. The molecule has 134 valence electrons. The van der Waals surface area contributed by atoms with E-state index in [4.69, 9.17) is 0 Å². The Morgan fingerprint density at radius 3 is 2.75 bits per heavy atom. The molecular formula is C18H31N5O. The Bertz CT molecular complexity index is 574. The summed E-state index contributed by atoms with van der Waals surface area (Å²) >= 11 is 0. The van der Waals surface area contributed by atoms with Gasteiger partial charge in [0.25, 0.3) is 0 Å². The van der Waals surface area contributed by atoms with Crippen LogP contribution < -0.4 is 10.6 Å². The Labute approximate surface area is 144 Å². The van der Waals surface area contributed by atoms with Crippen LogP contribution in [0.5, 0.6) is 0 Å². The number of aromatic nitrogens is 3. The molecular weight excluding hydrogens is 302 g/mol. The summed E-state index contributed by atoms with van der Waals surface area (Å²) in [6.45, 7) is 6.62. The van der Waals surface area contributed by atoms with E-state index in [2.05, 4.69) is 34.6 Å². The lowest BCUT2D eigenvalue weighted by Gasteiger charge is -2.38. The molecule has 1 aliphatic heterocycles. The van der Waals surface area contributed by atoms with Crippen molar-refractivity contribution in [1.82, 2.24) is 20.1 Å². The molecule has 3 rings (SSSR count). The Morgan fingerprint density at radius 1 is 1.29 bits per heavy atom. The highest BCUT2D eigenvalue weighted by molar-refractivity contribution is 5.89. The molecule has 2 heterocycles. The van der Waals surface area contributed by atoms with Crippen molar-refractivity contribution in [3.05, 3.63) is 5.82 Å². The first-order valence-electron chi connectivity index (χ1n) is 9.37. The molecule has 24 heavy (non-hydrogen) atoms. The fraction of sp³-hybridized carbons (Fsp3) is 0.833. The van der Waals surface area contributed by atoms with E-state index in [1.165, 1.54) is 19.3 Å². The Kier molecular flexibility index (Phi) is 5.23. The minimum Gasteiger partial charge on any atom is -0.317 e. The van der Waals surface area contributed by atoms with Crippen molar-refractivity contribution in [3.8, 4) is 0 Å². The first-order valence-corrected chi connectivity index (χ1v) is 9.37. The van der Waals surface area contributed by atoms with Gasteiger partial charge in [0.15, 0.2) is 5.82 Å². The van der Waals surface area contributed by atoms with Crippen LogP contribution in [0.4, 0.5) is 5.95 Å². The third-order valence-corrected chi connectivity index (χ3v) is 5.90. The number of aryl methyl sites for hydroxylation is 1. The molecule has 2 aliphatic rings. The molecule has 0 radical (unpaired) electrons. The lowest BCUT2D eigenvalue weighted by Crippen LogP contribution is -2.31. The maximum Gasteiger partial charge on any atom is 0.227 e. The summed E-state index contributed by atoms with van der Waals surface area (Å²) in [7, 11) is 1.86. The Morgan fingerprint density at radius 2 is 2.04 bits per heavy atom. The van der Waals surface area contributed by atoms with Gasteiger partial charge in [0.1, 0.15) is 0 Å². The molecule has 1 saturated heterocycles. The second kappa shape index (κ2) is 7.21. The summed E-state index contributed by atoms with van der Waals surface area (Å²) in [6, 6.07) is 0. The number of hydrogen-bond acceptors (Lipinski definition) is 4. The van der Waals surface area contributed by atoms with Crippen molar-refractivity contribution in [2.75, 3.05) is 18.4 Å². The molecule has 0 aromatic carbocycles. The summed E-state index contributed by atoms with van der Waals surface area (Å²) in [6.07, 6.45) is 7.61. The maximum absolute atomic E-state index is 12.5. The van der Waals surface area contributed by atoms with Crippen molar-refractivity contribution in [2.45, 2.75) is 64.7 Å². The zero-order valence-electron chi connectivity index (χ0n) is 15.3. The molecule has 1 unspecified atom stereocenters. The van der Waals surface area contributed by atoms with E-state index < -0.39 is 0 Å². The SMILES string of the molecule is Cn1nc(C2CCNCC2)nc1NC(=O)CC1CCCCC1(C)C. The first-order chi connectivity index (χ1) is 11.5. The van der Waals surface area contributed by atoms with Crippen LogP contribution >= 0.6 is 0 Å². The average Bonchev–Trinajstić information content (AvgIpc) is 2.91. The van der Waals surface area contributed by atoms with Gasteiger partial charge in [-0.3, -0.25) is 10.1 Å². The molecule has 1 saturated carbocycles. The van der Waals surface area contributed by atoms with Gasteiger partial charge in [0.2, 0.25) is 11.9 Å². The highest BCUT2D eigenvalue weighted by atomic mass is 16.1. The monoisotopic (exact) mass is 333 g/mol. The van der Waals surface area contributed by atoms with E-state index in [-0.39, 0.29) is 11.3 Å². The molecule has 1 atom stereocenters. The van der Waals surface area contributed by atoms with Gasteiger partial charge in [-0.15, -0.1) is 0 Å². The number of piperidine rings is 1. The summed E-state index contributed by atoms with van der Waals surface area (Å²) in [5, 5.41) is 10.9. The largest absolute Gasteiger partial charge is 0.317 e. The third-order valence-electron chi connectivity index (χ3n) is 5.90. The van der Waals surface area contributed by atoms with Gasteiger partial charge in [-0.05, 0) is 50.1 Å². The van der Waals surface area contributed by atoms with Crippen LogP contribution in [0.1, 0.15) is 70.5 Å². The smallest absolute Gasteiger partial charge is 0.227 e. The fourth-order valence-corrected chi connectivity index (χ4v) is 4.11. The van der Waals surface area contributed by atoms with Crippen LogP contribution in [0.3, 0.4) is 0 Å². The van der Waals surface area contributed by atoms with Crippen LogP contribution in [-0.4, -0.2) is 33.8 Å². The summed E-state index contributed by atoms with van der Waals surface area (Å²) < 4.78 is 1.71. The summed E-state index contributed by atoms with van der Waals surface area (Å²) in [5.41, 5.74) is 0.260. The Balaban J connectivity index is 1.61. The normalized spacial score (nSPS) is 24.7. The first kappa shape index (κ1) is 17.4. The van der Waals surface area contributed by atoms with Crippen LogP contribution in [0, 0.1) is 11.3 Å². The molecule has 6 heteroatoms. The molecule has 0 bridgehead atoms. The maximum atomic E-state index is 12.5. The van der Waals surface area contributed by atoms with Gasteiger partial charge in [0.05, 0.1) is 0 Å². The van der Waals surface area contributed by atoms with Gasteiger partial charge in [-0.25, -0.2) is 4.68 Å². The van der Waals surface area contributed by atoms with E-state index in [0.29, 0.717) is 24.2 Å². The van der Waals surface area contributed by atoms with E-state index in [9.17, 15) is 4.79 Å². The van der Waals surface area contributed by atoms with E-state index in [0.717, 1.165) is 38.2 Å². The molecule has 0 spiro atoms. The molecule has 2 fully saturated rings. The van der Waals surface area contributed by atoms with Crippen molar-refractivity contribution in [3.63, 3.8) is 0 Å². The second-order valence-corrected chi connectivity index (χ2v) is 8.13. The summed E-state index contributed by atoms with van der Waals surface area (Å²) in [5.74, 6) is 2.39. The van der Waals surface area contributed by atoms with Crippen molar-refractivity contribution < 1.29 is 4.79 Å². The topological polar surface area (TPSA) is 71.8 Å².